The average Bonchev–Trinajstić information content (AvgIpc) is 2.49. The number of hydrogen-bond donors (Lipinski definition) is 2. The number of carbonyl (C=O) groups excluding carboxylic acids is 1. The van der Waals surface area contributed by atoms with Crippen molar-refractivity contribution < 1.29 is 14.7 Å². The van der Waals surface area contributed by atoms with Crippen LogP contribution < -0.4 is 5.32 Å². The Morgan fingerprint density at radius 1 is 1.32 bits per heavy atom. The molecule has 0 aliphatic heterocycles. The van der Waals surface area contributed by atoms with E-state index in [1.165, 1.54) is 13.1 Å². The van der Waals surface area contributed by atoms with Crippen LogP contribution in [0, 0.1) is 0 Å². The number of nitrogens with zero attached hydrogens (tertiary/aromatic N) is 1. The molecule has 0 aromatic carbocycles. The van der Waals surface area contributed by atoms with Crippen LogP contribution in [-0.2, 0) is 11.2 Å². The molecule has 1 aromatic heterocycles. The molecule has 0 saturated carbocycles. The van der Waals surface area contributed by atoms with E-state index in [4.69, 9.17) is 5.11 Å². The Labute approximate surface area is 130 Å². The summed E-state index contributed by atoms with van der Waals surface area (Å²) >= 11 is 0. The molecule has 0 radical (unpaired) electrons. The summed E-state index contributed by atoms with van der Waals surface area (Å²) in [6.07, 6.45) is 9.02. The van der Waals surface area contributed by atoms with Crippen molar-refractivity contribution in [2.45, 2.75) is 20.3 Å². The van der Waals surface area contributed by atoms with Gasteiger partial charge in [0.25, 0.3) is 0 Å². The van der Waals surface area contributed by atoms with Crippen LogP contribution in [0.4, 0.5) is 0 Å². The normalized spacial score (nSPS) is 11.9. The minimum Gasteiger partial charge on any atom is -0.478 e. The fourth-order valence-corrected chi connectivity index (χ4v) is 1.71. The molecule has 1 heterocycles. The maximum absolute atomic E-state index is 10.9. The van der Waals surface area contributed by atoms with E-state index in [0.29, 0.717) is 13.0 Å². The molecule has 0 atom stereocenters. The number of aromatic carboxylic acids is 1. The Morgan fingerprint density at radius 3 is 2.64 bits per heavy atom. The highest BCUT2D eigenvalue weighted by Crippen LogP contribution is 2.11. The number of pyridine rings is 1. The van der Waals surface area contributed by atoms with Crippen molar-refractivity contribution in [2.75, 3.05) is 6.54 Å². The first-order valence-electron chi connectivity index (χ1n) is 6.82. The molecular formula is C17H20N2O3. The van der Waals surface area contributed by atoms with Gasteiger partial charge in [0.05, 0.1) is 5.56 Å². The monoisotopic (exact) mass is 300 g/mol. The summed E-state index contributed by atoms with van der Waals surface area (Å²) in [5, 5.41) is 11.7. The minimum atomic E-state index is -0.996. The number of hydrogen-bond acceptors (Lipinski definition) is 3. The van der Waals surface area contributed by atoms with Gasteiger partial charge >= 0.3 is 5.97 Å². The Bertz CT molecular complexity index is 631. The number of aromatic nitrogens is 1. The molecule has 2 N–H and O–H groups in total. The maximum atomic E-state index is 10.9. The first kappa shape index (κ1) is 17.4. The minimum absolute atomic E-state index is 0.0720. The molecule has 1 amide bonds. The van der Waals surface area contributed by atoms with Crippen LogP contribution in [0.1, 0.15) is 29.8 Å². The first-order valence-corrected chi connectivity index (χ1v) is 6.82. The molecule has 5 heteroatoms. The van der Waals surface area contributed by atoms with Gasteiger partial charge in [-0.15, -0.1) is 0 Å². The molecule has 0 fully saturated rings. The van der Waals surface area contributed by atoms with Gasteiger partial charge in [-0.05, 0) is 30.5 Å². The predicted molar refractivity (Wildman–Crippen MR) is 85.6 cm³/mol. The third-order valence-corrected chi connectivity index (χ3v) is 2.91. The van der Waals surface area contributed by atoms with Gasteiger partial charge in [0.15, 0.2) is 0 Å². The first-order chi connectivity index (χ1) is 10.4. The quantitative estimate of drug-likeness (QED) is 0.758. The van der Waals surface area contributed by atoms with Crippen LogP contribution in [0.2, 0.25) is 0 Å². The van der Waals surface area contributed by atoms with Gasteiger partial charge in [-0.2, -0.15) is 0 Å². The molecule has 22 heavy (non-hydrogen) atoms. The molecular weight excluding hydrogens is 280 g/mol. The average molecular weight is 300 g/mol. The van der Waals surface area contributed by atoms with Crippen LogP contribution in [-0.4, -0.2) is 28.5 Å². The molecule has 0 spiro atoms. The van der Waals surface area contributed by atoms with Gasteiger partial charge < -0.3 is 10.4 Å². The van der Waals surface area contributed by atoms with Gasteiger partial charge in [0, 0.05) is 25.9 Å². The third kappa shape index (κ3) is 6.17. The topological polar surface area (TPSA) is 79.3 Å². The highest BCUT2D eigenvalue weighted by Gasteiger charge is 2.04. The Kier molecular flexibility index (Phi) is 6.76. The van der Waals surface area contributed by atoms with Gasteiger partial charge in [-0.25, -0.2) is 4.79 Å². The van der Waals surface area contributed by atoms with Crippen LogP contribution in [0.3, 0.4) is 0 Å². The number of nitrogens with one attached hydrogen (secondary N) is 1. The lowest BCUT2D eigenvalue weighted by atomic mass is 10.0. The van der Waals surface area contributed by atoms with Gasteiger partial charge in [0.1, 0.15) is 0 Å². The second-order valence-corrected chi connectivity index (χ2v) is 4.93. The lowest BCUT2D eigenvalue weighted by molar-refractivity contribution is -0.118. The van der Waals surface area contributed by atoms with Crippen LogP contribution in [0.5, 0.6) is 0 Å². The lowest BCUT2D eigenvalue weighted by Crippen LogP contribution is -2.21. The molecule has 0 saturated heterocycles. The largest absolute Gasteiger partial charge is 0.478 e. The second kappa shape index (κ2) is 8.56. The molecule has 0 aliphatic carbocycles. The third-order valence-electron chi connectivity index (χ3n) is 2.91. The summed E-state index contributed by atoms with van der Waals surface area (Å²) in [4.78, 5) is 25.7. The standard InChI is InChI=1S/C17H20N2O3/c1-4-14(6-5-12(2)9-19-13(3)20)7-15-8-16(17(21)22)11-18-10-15/h4-6,8,10-11H,1,7,9H2,2-3H3,(H,19,20)(H,21,22)/b12-5+,14-6+. The zero-order valence-electron chi connectivity index (χ0n) is 12.8. The molecule has 0 unspecified atom stereocenters. The maximum Gasteiger partial charge on any atom is 0.337 e. The second-order valence-electron chi connectivity index (χ2n) is 4.93. The van der Waals surface area contributed by atoms with Crippen molar-refractivity contribution in [3.8, 4) is 0 Å². The Hall–Kier alpha value is -2.69. The summed E-state index contributed by atoms with van der Waals surface area (Å²) in [5.74, 6) is -1.07. The van der Waals surface area contributed by atoms with E-state index in [1.54, 1.807) is 18.3 Å². The summed E-state index contributed by atoms with van der Waals surface area (Å²) in [6, 6.07) is 1.60. The van der Waals surface area contributed by atoms with Crippen molar-refractivity contribution in [1.29, 1.82) is 0 Å². The molecule has 116 valence electrons. The molecule has 0 aliphatic rings. The van der Waals surface area contributed by atoms with Crippen LogP contribution in [0.25, 0.3) is 0 Å². The van der Waals surface area contributed by atoms with Crippen molar-refractivity contribution >= 4 is 11.9 Å². The number of carbonyl (C=O) groups is 2. The van der Waals surface area contributed by atoms with E-state index < -0.39 is 5.97 Å². The zero-order chi connectivity index (χ0) is 16.5. The van der Waals surface area contributed by atoms with Crippen LogP contribution >= 0.6 is 0 Å². The summed E-state index contributed by atoms with van der Waals surface area (Å²) in [6.45, 7) is 7.64. The zero-order valence-corrected chi connectivity index (χ0v) is 12.8. The fourth-order valence-electron chi connectivity index (χ4n) is 1.71. The summed E-state index contributed by atoms with van der Waals surface area (Å²) in [5.41, 5.74) is 2.91. The van der Waals surface area contributed by atoms with Crippen molar-refractivity contribution in [3.05, 3.63) is 65.5 Å². The molecule has 5 nitrogen and oxygen atoms in total. The number of carboxylic acid groups (broad SMARTS) is 1. The summed E-state index contributed by atoms with van der Waals surface area (Å²) < 4.78 is 0. The SMILES string of the molecule is C=C/C(=C\C=C(/C)CNC(C)=O)Cc1cncc(C(=O)O)c1. The highest BCUT2D eigenvalue weighted by atomic mass is 16.4. The van der Waals surface area contributed by atoms with E-state index in [-0.39, 0.29) is 11.5 Å². The number of carboxylic acids is 1. The predicted octanol–water partition coefficient (Wildman–Crippen LogP) is 2.52. The Morgan fingerprint density at radius 2 is 2.05 bits per heavy atom. The fraction of sp³-hybridized carbons (Fsp3) is 0.235. The van der Waals surface area contributed by atoms with E-state index in [1.807, 2.05) is 19.1 Å². The van der Waals surface area contributed by atoms with Crippen molar-refractivity contribution in [3.63, 3.8) is 0 Å². The van der Waals surface area contributed by atoms with E-state index in [9.17, 15) is 9.59 Å². The van der Waals surface area contributed by atoms with Crippen LogP contribution in [0.15, 0.2) is 54.4 Å². The number of rotatable bonds is 7. The van der Waals surface area contributed by atoms with Gasteiger partial charge in [-0.1, -0.05) is 30.4 Å². The Balaban J connectivity index is 2.79. The van der Waals surface area contributed by atoms with Gasteiger partial charge in [-0.3, -0.25) is 9.78 Å². The van der Waals surface area contributed by atoms with Crippen molar-refractivity contribution in [1.82, 2.24) is 10.3 Å². The summed E-state index contributed by atoms with van der Waals surface area (Å²) in [7, 11) is 0. The molecule has 1 aromatic rings. The highest BCUT2D eigenvalue weighted by molar-refractivity contribution is 5.87. The number of allylic oxidation sites excluding steroid dienone is 4. The molecule has 0 bridgehead atoms. The molecule has 1 rings (SSSR count). The van der Waals surface area contributed by atoms with Crippen molar-refractivity contribution in [2.24, 2.45) is 0 Å². The number of amides is 1. The van der Waals surface area contributed by atoms with E-state index in [2.05, 4.69) is 16.9 Å². The lowest BCUT2D eigenvalue weighted by Gasteiger charge is -2.04. The van der Waals surface area contributed by atoms with Gasteiger partial charge in [0.2, 0.25) is 5.91 Å². The van der Waals surface area contributed by atoms with E-state index in [0.717, 1.165) is 16.7 Å². The van der Waals surface area contributed by atoms with E-state index >= 15 is 0 Å². The smallest absolute Gasteiger partial charge is 0.337 e.